The van der Waals surface area contributed by atoms with Gasteiger partial charge in [-0.15, -0.1) is 0 Å². The van der Waals surface area contributed by atoms with Crippen LogP contribution in [0.2, 0.25) is 0 Å². The molecule has 0 aromatic heterocycles. The van der Waals surface area contributed by atoms with Gasteiger partial charge in [-0.25, -0.2) is 8.78 Å². The number of aliphatic hydroxyl groups is 1. The minimum Gasteiger partial charge on any atom is -0.493 e. The van der Waals surface area contributed by atoms with Crippen LogP contribution in [0.3, 0.4) is 0 Å². The summed E-state index contributed by atoms with van der Waals surface area (Å²) in [4.78, 5) is 1.62. The molecule has 1 heterocycles. The zero-order valence-electron chi connectivity index (χ0n) is 10.8. The van der Waals surface area contributed by atoms with Crippen LogP contribution < -0.4 is 4.74 Å². The van der Waals surface area contributed by atoms with Crippen LogP contribution >= 0.6 is 0 Å². The van der Waals surface area contributed by atoms with Crippen LogP contribution in [0.4, 0.5) is 8.78 Å². The van der Waals surface area contributed by atoms with Crippen LogP contribution in [0, 0.1) is 0 Å². The van der Waals surface area contributed by atoms with Gasteiger partial charge in [0.25, 0.3) is 6.43 Å². The van der Waals surface area contributed by atoms with Crippen molar-refractivity contribution in [1.82, 2.24) is 4.90 Å². The lowest BCUT2D eigenvalue weighted by molar-refractivity contribution is 0.0722. The highest BCUT2D eigenvalue weighted by atomic mass is 19.3. The summed E-state index contributed by atoms with van der Waals surface area (Å²) < 4.78 is 30.6. The third-order valence-corrected chi connectivity index (χ3v) is 3.37. The standard InChI is InChI=1S/C14H19F2NO2/c15-14(16)10-17(6-7-18)9-11-5-8-19-13-4-2-1-3-12(11)13/h1-4,11,14,18H,5-10H2. The Morgan fingerprint density at radius 1 is 1.37 bits per heavy atom. The second kappa shape index (κ2) is 6.82. The van der Waals surface area contributed by atoms with Gasteiger partial charge in [0.15, 0.2) is 0 Å². The molecule has 1 aromatic carbocycles. The van der Waals surface area contributed by atoms with Crippen LogP contribution in [-0.2, 0) is 0 Å². The number of para-hydroxylation sites is 1. The van der Waals surface area contributed by atoms with E-state index in [-0.39, 0.29) is 25.6 Å². The van der Waals surface area contributed by atoms with Crippen molar-refractivity contribution >= 4 is 0 Å². The number of benzene rings is 1. The molecule has 1 aliphatic heterocycles. The normalized spacial score (nSPS) is 18.5. The number of fused-ring (bicyclic) bond motifs is 1. The Kier molecular flexibility index (Phi) is 5.10. The van der Waals surface area contributed by atoms with E-state index in [1.165, 1.54) is 0 Å². The largest absolute Gasteiger partial charge is 0.493 e. The average molecular weight is 271 g/mol. The molecule has 0 amide bonds. The van der Waals surface area contributed by atoms with E-state index in [2.05, 4.69) is 0 Å². The summed E-state index contributed by atoms with van der Waals surface area (Å²) in [5.41, 5.74) is 1.07. The predicted octanol–water partition coefficient (Wildman–Crippen LogP) is 2.11. The van der Waals surface area contributed by atoms with Crippen LogP contribution in [0.15, 0.2) is 24.3 Å². The predicted molar refractivity (Wildman–Crippen MR) is 68.8 cm³/mol. The van der Waals surface area contributed by atoms with Crippen molar-refractivity contribution in [3.8, 4) is 5.75 Å². The van der Waals surface area contributed by atoms with Crippen LogP contribution in [-0.4, -0.2) is 49.3 Å². The Bertz CT molecular complexity index is 401. The molecule has 19 heavy (non-hydrogen) atoms. The van der Waals surface area contributed by atoms with Crippen molar-refractivity contribution in [3.63, 3.8) is 0 Å². The Hall–Kier alpha value is -1.20. The molecule has 1 N–H and O–H groups in total. The Morgan fingerprint density at radius 2 is 2.16 bits per heavy atom. The summed E-state index contributed by atoms with van der Waals surface area (Å²) in [6.07, 6.45) is -1.55. The molecule has 0 saturated carbocycles. The van der Waals surface area contributed by atoms with Gasteiger partial charge in [0.2, 0.25) is 0 Å². The topological polar surface area (TPSA) is 32.7 Å². The molecular formula is C14H19F2NO2. The summed E-state index contributed by atoms with van der Waals surface area (Å²) >= 11 is 0. The van der Waals surface area contributed by atoms with Gasteiger partial charge < -0.3 is 9.84 Å². The lowest BCUT2D eigenvalue weighted by Crippen LogP contribution is -2.36. The number of ether oxygens (including phenoxy) is 1. The van der Waals surface area contributed by atoms with Gasteiger partial charge in [-0.3, -0.25) is 4.90 Å². The molecule has 0 aliphatic carbocycles. The summed E-state index contributed by atoms with van der Waals surface area (Å²) in [5, 5.41) is 8.96. The number of aliphatic hydroxyl groups excluding tert-OH is 1. The number of hydrogen-bond acceptors (Lipinski definition) is 3. The molecule has 1 atom stereocenters. The Labute approximate surface area is 111 Å². The van der Waals surface area contributed by atoms with E-state index in [1.807, 2.05) is 24.3 Å². The highest BCUT2D eigenvalue weighted by Crippen LogP contribution is 2.33. The lowest BCUT2D eigenvalue weighted by Gasteiger charge is -2.31. The third kappa shape index (κ3) is 3.88. The van der Waals surface area contributed by atoms with Crippen molar-refractivity contribution in [2.24, 2.45) is 0 Å². The highest BCUT2D eigenvalue weighted by Gasteiger charge is 2.24. The van der Waals surface area contributed by atoms with Gasteiger partial charge in [-0.05, 0) is 18.1 Å². The van der Waals surface area contributed by atoms with Crippen molar-refractivity contribution < 1.29 is 18.6 Å². The van der Waals surface area contributed by atoms with Crippen LogP contribution in [0.1, 0.15) is 17.9 Å². The van der Waals surface area contributed by atoms with Crippen molar-refractivity contribution in [3.05, 3.63) is 29.8 Å². The van der Waals surface area contributed by atoms with E-state index < -0.39 is 6.43 Å². The maximum Gasteiger partial charge on any atom is 0.251 e. The number of alkyl halides is 2. The molecule has 5 heteroatoms. The minimum atomic E-state index is -2.37. The first-order chi connectivity index (χ1) is 9.20. The molecule has 3 nitrogen and oxygen atoms in total. The zero-order valence-corrected chi connectivity index (χ0v) is 10.8. The molecule has 0 saturated heterocycles. The molecule has 106 valence electrons. The fraction of sp³-hybridized carbons (Fsp3) is 0.571. The van der Waals surface area contributed by atoms with E-state index in [0.717, 1.165) is 17.7 Å². The number of nitrogens with zero attached hydrogens (tertiary/aromatic N) is 1. The van der Waals surface area contributed by atoms with E-state index >= 15 is 0 Å². The van der Waals surface area contributed by atoms with Crippen LogP contribution in [0.25, 0.3) is 0 Å². The minimum absolute atomic E-state index is 0.0996. The summed E-state index contributed by atoms with van der Waals surface area (Å²) in [6, 6.07) is 7.74. The van der Waals surface area contributed by atoms with Gasteiger partial charge in [-0.2, -0.15) is 0 Å². The number of hydrogen-bond donors (Lipinski definition) is 1. The number of halogens is 2. The van der Waals surface area contributed by atoms with Crippen LogP contribution in [0.5, 0.6) is 5.75 Å². The first kappa shape index (κ1) is 14.2. The smallest absolute Gasteiger partial charge is 0.251 e. The van der Waals surface area contributed by atoms with Gasteiger partial charge in [-0.1, -0.05) is 18.2 Å². The van der Waals surface area contributed by atoms with Gasteiger partial charge in [0.05, 0.1) is 19.8 Å². The second-order valence-corrected chi connectivity index (χ2v) is 4.75. The van der Waals surface area contributed by atoms with Gasteiger partial charge in [0.1, 0.15) is 5.75 Å². The highest BCUT2D eigenvalue weighted by molar-refractivity contribution is 5.37. The van der Waals surface area contributed by atoms with E-state index in [0.29, 0.717) is 13.2 Å². The van der Waals surface area contributed by atoms with Crippen molar-refractivity contribution in [2.45, 2.75) is 18.8 Å². The number of rotatable bonds is 6. The molecule has 0 radical (unpaired) electrons. The van der Waals surface area contributed by atoms with Gasteiger partial charge in [0, 0.05) is 19.0 Å². The first-order valence-corrected chi connectivity index (χ1v) is 6.53. The molecular weight excluding hydrogens is 252 g/mol. The molecule has 1 unspecified atom stereocenters. The fourth-order valence-corrected chi connectivity index (χ4v) is 2.51. The maximum atomic E-state index is 12.5. The summed E-state index contributed by atoms with van der Waals surface area (Å²) in [7, 11) is 0. The fourth-order valence-electron chi connectivity index (χ4n) is 2.51. The lowest BCUT2D eigenvalue weighted by atomic mass is 9.92. The molecule has 2 rings (SSSR count). The van der Waals surface area contributed by atoms with E-state index in [4.69, 9.17) is 9.84 Å². The molecule has 1 aliphatic rings. The van der Waals surface area contributed by atoms with E-state index in [9.17, 15) is 8.78 Å². The molecule has 0 spiro atoms. The SMILES string of the molecule is OCCN(CC(F)F)CC1CCOc2ccccc21. The maximum absolute atomic E-state index is 12.5. The molecule has 0 fully saturated rings. The first-order valence-electron chi connectivity index (χ1n) is 6.53. The van der Waals surface area contributed by atoms with Crippen molar-refractivity contribution in [2.75, 3.05) is 32.8 Å². The summed E-state index contributed by atoms with van der Waals surface area (Å²) in [6.45, 7) is 1.04. The quantitative estimate of drug-likeness (QED) is 0.860. The third-order valence-electron chi connectivity index (χ3n) is 3.37. The second-order valence-electron chi connectivity index (χ2n) is 4.75. The Balaban J connectivity index is 2.05. The van der Waals surface area contributed by atoms with Crippen molar-refractivity contribution in [1.29, 1.82) is 0 Å². The molecule has 0 bridgehead atoms. The monoisotopic (exact) mass is 271 g/mol. The van der Waals surface area contributed by atoms with E-state index in [1.54, 1.807) is 4.90 Å². The molecule has 1 aromatic rings. The average Bonchev–Trinajstić information content (AvgIpc) is 2.39. The zero-order chi connectivity index (χ0) is 13.7. The Morgan fingerprint density at radius 3 is 2.89 bits per heavy atom. The van der Waals surface area contributed by atoms with Gasteiger partial charge >= 0.3 is 0 Å². The summed E-state index contributed by atoms with van der Waals surface area (Å²) in [5.74, 6) is 1.04.